The van der Waals surface area contributed by atoms with Crippen molar-refractivity contribution in [2.75, 3.05) is 12.4 Å². The number of ether oxygens (including phenoxy) is 1. The molecule has 0 radical (unpaired) electrons. The molecule has 130 valence electrons. The number of rotatable bonds is 9. The molecule has 1 atom stereocenters. The summed E-state index contributed by atoms with van der Waals surface area (Å²) in [5, 5.41) is 0. The highest BCUT2D eigenvalue weighted by Crippen LogP contribution is 2.61. The van der Waals surface area contributed by atoms with Crippen molar-refractivity contribution in [2.24, 2.45) is 0 Å². The van der Waals surface area contributed by atoms with E-state index in [-0.39, 0.29) is 0 Å². The molecule has 0 aliphatic rings. The van der Waals surface area contributed by atoms with Gasteiger partial charge in [0, 0.05) is 5.75 Å². The molecule has 0 aromatic heterocycles. The van der Waals surface area contributed by atoms with E-state index in [0.29, 0.717) is 28.3 Å². The molecule has 0 saturated heterocycles. The summed E-state index contributed by atoms with van der Waals surface area (Å²) in [7, 11) is 0. The van der Waals surface area contributed by atoms with Gasteiger partial charge >= 0.3 is 6.80 Å². The summed E-state index contributed by atoms with van der Waals surface area (Å²) in [4.78, 5) is 0. The van der Waals surface area contributed by atoms with Crippen LogP contribution >= 0.6 is 34.1 Å². The maximum atomic E-state index is 12.7. The van der Waals surface area contributed by atoms with E-state index < -0.39 is 6.80 Å². The number of hydrogen-bond donors (Lipinski definition) is 0. The van der Waals surface area contributed by atoms with Gasteiger partial charge in [-0.25, -0.2) is 4.57 Å². The SMILES string of the molecule is CCCSP(=O)(OCC)Oc1ccc(Oc2ccccc2)cc1Br. The maximum absolute atomic E-state index is 12.7. The van der Waals surface area contributed by atoms with Gasteiger partial charge in [-0.3, -0.25) is 4.52 Å². The predicted octanol–water partition coefficient (Wildman–Crippen LogP) is 6.91. The highest BCUT2D eigenvalue weighted by atomic mass is 79.9. The summed E-state index contributed by atoms with van der Waals surface area (Å²) >= 11 is 4.66. The highest BCUT2D eigenvalue weighted by molar-refractivity contribution is 9.10. The van der Waals surface area contributed by atoms with Gasteiger partial charge in [0.15, 0.2) is 0 Å². The number of halogens is 1. The molecule has 0 spiro atoms. The number of para-hydroxylation sites is 1. The molecule has 24 heavy (non-hydrogen) atoms. The fourth-order valence-corrected chi connectivity index (χ4v) is 5.84. The van der Waals surface area contributed by atoms with Crippen molar-refractivity contribution in [3.8, 4) is 17.2 Å². The van der Waals surface area contributed by atoms with Gasteiger partial charge in [0.1, 0.15) is 17.2 Å². The Kier molecular flexibility index (Phi) is 7.69. The first kappa shape index (κ1) is 19.4. The Morgan fingerprint density at radius 1 is 1.08 bits per heavy atom. The van der Waals surface area contributed by atoms with Crippen LogP contribution in [0.2, 0.25) is 0 Å². The van der Waals surface area contributed by atoms with Gasteiger partial charge in [0.05, 0.1) is 11.1 Å². The molecule has 0 aliphatic carbocycles. The fraction of sp³-hybridized carbons (Fsp3) is 0.294. The van der Waals surface area contributed by atoms with Crippen molar-refractivity contribution in [1.82, 2.24) is 0 Å². The summed E-state index contributed by atoms with van der Waals surface area (Å²) in [6.07, 6.45) is 0.899. The molecule has 0 saturated carbocycles. The number of benzene rings is 2. The molecule has 2 aromatic carbocycles. The Hall–Kier alpha value is -0.940. The molecule has 0 N–H and O–H groups in total. The van der Waals surface area contributed by atoms with Gasteiger partial charge in [0.2, 0.25) is 0 Å². The molecular weight excluding hydrogens is 411 g/mol. The lowest BCUT2D eigenvalue weighted by molar-refractivity contribution is 0.295. The standard InChI is InChI=1S/C17H20BrO4PS/c1-3-12-24-23(19,20-4-2)22-17-11-10-15(13-16(17)18)21-14-8-6-5-7-9-14/h5-11,13H,3-4,12H2,1-2H3. The van der Waals surface area contributed by atoms with E-state index in [1.54, 1.807) is 25.1 Å². The molecule has 0 amide bonds. The van der Waals surface area contributed by atoms with Crippen LogP contribution < -0.4 is 9.26 Å². The van der Waals surface area contributed by atoms with Crippen molar-refractivity contribution >= 4 is 34.1 Å². The smallest absolute Gasteiger partial charge is 0.440 e. The zero-order valence-corrected chi connectivity index (χ0v) is 16.9. The molecular formula is C17H20BrO4PS. The second-order valence-corrected chi connectivity index (χ2v) is 9.77. The van der Waals surface area contributed by atoms with Gasteiger partial charge in [-0.2, -0.15) is 0 Å². The van der Waals surface area contributed by atoms with Crippen LogP contribution in [0.3, 0.4) is 0 Å². The zero-order valence-electron chi connectivity index (χ0n) is 13.6. The monoisotopic (exact) mass is 430 g/mol. The van der Waals surface area contributed by atoms with E-state index in [2.05, 4.69) is 15.9 Å². The van der Waals surface area contributed by atoms with Gasteiger partial charge in [0.25, 0.3) is 0 Å². The van der Waals surface area contributed by atoms with Crippen LogP contribution in [0.15, 0.2) is 53.0 Å². The summed E-state index contributed by atoms with van der Waals surface area (Å²) in [5.41, 5.74) is 0. The normalized spacial score (nSPS) is 13.3. The molecule has 1 unspecified atom stereocenters. The lowest BCUT2D eigenvalue weighted by atomic mass is 10.3. The van der Waals surface area contributed by atoms with Gasteiger partial charge in [-0.05, 0) is 71.0 Å². The molecule has 0 heterocycles. The molecule has 0 bridgehead atoms. The van der Waals surface area contributed by atoms with Crippen molar-refractivity contribution < 1.29 is 18.3 Å². The minimum Gasteiger partial charge on any atom is -0.457 e. The summed E-state index contributed by atoms with van der Waals surface area (Å²) in [5.74, 6) is 2.59. The van der Waals surface area contributed by atoms with Crippen LogP contribution in [0, 0.1) is 0 Å². The first-order chi connectivity index (χ1) is 11.6. The first-order valence-corrected chi connectivity index (χ1v) is 11.6. The van der Waals surface area contributed by atoms with Gasteiger partial charge in [-0.15, -0.1) is 0 Å². The van der Waals surface area contributed by atoms with Crippen LogP contribution in [0.25, 0.3) is 0 Å². The van der Waals surface area contributed by atoms with E-state index in [9.17, 15) is 4.57 Å². The Bertz CT molecular complexity index is 696. The van der Waals surface area contributed by atoms with Gasteiger partial charge in [-0.1, -0.05) is 25.1 Å². The van der Waals surface area contributed by atoms with E-state index in [0.717, 1.165) is 12.2 Å². The van der Waals surface area contributed by atoms with Crippen LogP contribution in [-0.4, -0.2) is 12.4 Å². The quantitative estimate of drug-likeness (QED) is 0.404. The van der Waals surface area contributed by atoms with E-state index in [4.69, 9.17) is 13.8 Å². The third-order valence-electron chi connectivity index (χ3n) is 2.83. The second-order valence-electron chi connectivity index (χ2n) is 4.80. The largest absolute Gasteiger partial charge is 0.457 e. The summed E-state index contributed by atoms with van der Waals surface area (Å²) < 4.78 is 30.2. The third-order valence-corrected chi connectivity index (χ3v) is 7.39. The number of hydrogen-bond acceptors (Lipinski definition) is 5. The van der Waals surface area contributed by atoms with Crippen LogP contribution in [-0.2, 0) is 9.09 Å². The molecule has 7 heteroatoms. The maximum Gasteiger partial charge on any atom is 0.440 e. The lowest BCUT2D eigenvalue weighted by Gasteiger charge is -2.18. The predicted molar refractivity (Wildman–Crippen MR) is 103 cm³/mol. The molecule has 0 fully saturated rings. The highest BCUT2D eigenvalue weighted by Gasteiger charge is 2.27. The topological polar surface area (TPSA) is 44.8 Å². The molecule has 2 aromatic rings. The first-order valence-electron chi connectivity index (χ1n) is 7.67. The van der Waals surface area contributed by atoms with E-state index >= 15 is 0 Å². The Labute approximate surface area is 155 Å². The van der Waals surface area contributed by atoms with Crippen molar-refractivity contribution in [1.29, 1.82) is 0 Å². The van der Waals surface area contributed by atoms with Crippen molar-refractivity contribution in [3.05, 3.63) is 53.0 Å². The third kappa shape index (κ3) is 5.85. The summed E-state index contributed by atoms with van der Waals surface area (Å²) in [6, 6.07) is 14.8. The Morgan fingerprint density at radius 3 is 2.46 bits per heavy atom. The van der Waals surface area contributed by atoms with Crippen LogP contribution in [0.4, 0.5) is 0 Å². The minimum atomic E-state index is -3.22. The average Bonchev–Trinajstić information content (AvgIpc) is 2.57. The van der Waals surface area contributed by atoms with Crippen LogP contribution in [0.5, 0.6) is 17.2 Å². The zero-order chi connectivity index (χ0) is 17.4. The van der Waals surface area contributed by atoms with E-state index in [1.165, 1.54) is 11.4 Å². The lowest BCUT2D eigenvalue weighted by Crippen LogP contribution is -1.97. The van der Waals surface area contributed by atoms with Crippen molar-refractivity contribution in [2.45, 2.75) is 20.3 Å². The average molecular weight is 431 g/mol. The Balaban J connectivity index is 2.12. The summed E-state index contributed by atoms with van der Waals surface area (Å²) in [6.45, 7) is 0.936. The molecule has 0 aliphatic heterocycles. The fourth-order valence-electron chi connectivity index (χ4n) is 1.82. The second kappa shape index (κ2) is 9.52. The minimum absolute atomic E-state index is 0.334. The molecule has 2 rings (SSSR count). The molecule has 4 nitrogen and oxygen atoms in total. The van der Waals surface area contributed by atoms with Crippen molar-refractivity contribution in [3.63, 3.8) is 0 Å². The van der Waals surface area contributed by atoms with Gasteiger partial charge < -0.3 is 9.26 Å². The Morgan fingerprint density at radius 2 is 1.83 bits per heavy atom. The van der Waals surface area contributed by atoms with Crippen LogP contribution in [0.1, 0.15) is 20.3 Å². The van der Waals surface area contributed by atoms with E-state index in [1.807, 2.05) is 37.3 Å².